The monoisotopic (exact) mass is 465 g/mol. The second-order valence-corrected chi connectivity index (χ2v) is 9.40. The number of hydrogen-bond donors (Lipinski definition) is 3. The Bertz CT molecular complexity index is 960. The first-order valence-electron chi connectivity index (χ1n) is 10.2. The van der Waals surface area contributed by atoms with Gasteiger partial charge in [-0.25, -0.2) is 9.78 Å². The number of aliphatic carboxylic acids is 1. The maximum atomic E-state index is 12.1. The van der Waals surface area contributed by atoms with Crippen LogP contribution in [0.2, 0.25) is 5.02 Å². The van der Waals surface area contributed by atoms with Gasteiger partial charge in [0, 0.05) is 36.3 Å². The van der Waals surface area contributed by atoms with Crippen LogP contribution in [-0.2, 0) is 9.53 Å². The van der Waals surface area contributed by atoms with Crippen molar-refractivity contribution in [1.29, 1.82) is 0 Å². The quantitative estimate of drug-likeness (QED) is 0.598. The van der Waals surface area contributed by atoms with Crippen LogP contribution in [0.4, 0.5) is 5.00 Å². The van der Waals surface area contributed by atoms with E-state index >= 15 is 0 Å². The van der Waals surface area contributed by atoms with E-state index in [1.807, 2.05) is 0 Å². The fourth-order valence-electron chi connectivity index (χ4n) is 4.42. The van der Waals surface area contributed by atoms with E-state index in [2.05, 4.69) is 4.98 Å². The largest absolute Gasteiger partial charge is 0.480 e. The molecule has 1 amide bonds. The number of benzene rings is 1. The second kappa shape index (κ2) is 9.12. The normalized spacial score (nSPS) is 23.1. The highest BCUT2D eigenvalue weighted by Gasteiger charge is 2.43. The van der Waals surface area contributed by atoms with Crippen LogP contribution in [0.3, 0.4) is 0 Å². The standard InChI is InChI=1S/C21H24ClN3O5S/c22-14-3-1-11(2-4-14)16-20(31-19(24-16)18(23)27)25-10-13(9-15(25)21(28)29)17(26)12-5-7-30-8-6-12/h1-4,12-13,15,17,26H,5-10H2,(H2,23,27)(H,28,29)/t13-,15+,17?/m1/s1. The molecule has 8 nitrogen and oxygen atoms in total. The zero-order chi connectivity index (χ0) is 22.1. The summed E-state index contributed by atoms with van der Waals surface area (Å²) in [5.41, 5.74) is 6.66. The maximum absolute atomic E-state index is 12.1. The van der Waals surface area contributed by atoms with Crippen LogP contribution in [0.25, 0.3) is 11.3 Å². The van der Waals surface area contributed by atoms with E-state index in [1.165, 1.54) is 0 Å². The SMILES string of the molecule is NC(=O)c1nc(-c2ccc(Cl)cc2)c(N2C[C@H](C(O)C3CCOCC3)C[C@H]2C(=O)O)s1. The lowest BCUT2D eigenvalue weighted by Crippen LogP contribution is -2.36. The molecule has 0 bridgehead atoms. The number of carboxylic acid groups (broad SMARTS) is 1. The van der Waals surface area contributed by atoms with E-state index in [9.17, 15) is 19.8 Å². The molecule has 0 saturated carbocycles. The average molecular weight is 466 g/mol. The fourth-order valence-corrected chi connectivity index (χ4v) is 5.55. The smallest absolute Gasteiger partial charge is 0.326 e. The Balaban J connectivity index is 1.68. The summed E-state index contributed by atoms with van der Waals surface area (Å²) in [5, 5.41) is 22.1. The highest BCUT2D eigenvalue weighted by molar-refractivity contribution is 7.18. The molecule has 2 aliphatic rings. The van der Waals surface area contributed by atoms with Crippen molar-refractivity contribution in [2.45, 2.75) is 31.4 Å². The van der Waals surface area contributed by atoms with Crippen molar-refractivity contribution in [2.24, 2.45) is 17.6 Å². The molecule has 2 fully saturated rings. The van der Waals surface area contributed by atoms with Crippen LogP contribution < -0.4 is 10.6 Å². The number of aliphatic hydroxyl groups is 1. The molecule has 1 unspecified atom stereocenters. The number of nitrogens with zero attached hydrogens (tertiary/aromatic N) is 2. The summed E-state index contributed by atoms with van der Waals surface area (Å²) in [7, 11) is 0. The maximum Gasteiger partial charge on any atom is 0.326 e. The molecule has 2 aliphatic heterocycles. The molecule has 4 N–H and O–H groups in total. The third-order valence-corrected chi connectivity index (χ3v) is 7.41. The number of primary amides is 1. The summed E-state index contributed by atoms with van der Waals surface area (Å²) in [6, 6.07) is 6.13. The molecular weight excluding hydrogens is 442 g/mol. The zero-order valence-corrected chi connectivity index (χ0v) is 18.3. The van der Waals surface area contributed by atoms with E-state index in [0.29, 0.717) is 47.5 Å². The Morgan fingerprint density at radius 3 is 2.52 bits per heavy atom. The third kappa shape index (κ3) is 4.55. The Labute approximate surface area is 188 Å². The van der Waals surface area contributed by atoms with Gasteiger partial charge in [-0.1, -0.05) is 35.1 Å². The van der Waals surface area contributed by atoms with Crippen molar-refractivity contribution in [3.05, 3.63) is 34.3 Å². The molecule has 4 rings (SSSR count). The van der Waals surface area contributed by atoms with Crippen LogP contribution in [0.5, 0.6) is 0 Å². The lowest BCUT2D eigenvalue weighted by Gasteiger charge is -2.30. The molecule has 3 heterocycles. The van der Waals surface area contributed by atoms with Crippen molar-refractivity contribution < 1.29 is 24.5 Å². The van der Waals surface area contributed by atoms with Gasteiger partial charge in [0.25, 0.3) is 5.91 Å². The minimum atomic E-state index is -0.974. The van der Waals surface area contributed by atoms with Crippen LogP contribution in [0.1, 0.15) is 29.1 Å². The first-order valence-corrected chi connectivity index (χ1v) is 11.4. The molecule has 2 saturated heterocycles. The summed E-state index contributed by atoms with van der Waals surface area (Å²) in [6.07, 6.45) is 1.23. The van der Waals surface area contributed by atoms with Gasteiger partial charge in [0.05, 0.1) is 6.10 Å². The van der Waals surface area contributed by atoms with E-state index in [1.54, 1.807) is 29.2 Å². The predicted molar refractivity (Wildman–Crippen MR) is 118 cm³/mol. The topological polar surface area (TPSA) is 126 Å². The number of anilines is 1. The first kappa shape index (κ1) is 22.0. The highest BCUT2D eigenvalue weighted by Crippen LogP contribution is 2.42. The number of carbonyl (C=O) groups is 2. The van der Waals surface area contributed by atoms with Gasteiger partial charge in [0.1, 0.15) is 16.7 Å². The molecule has 10 heteroatoms. The molecule has 2 aromatic rings. The van der Waals surface area contributed by atoms with Gasteiger partial charge in [0.2, 0.25) is 0 Å². The zero-order valence-electron chi connectivity index (χ0n) is 16.7. The molecule has 166 valence electrons. The Morgan fingerprint density at radius 2 is 1.90 bits per heavy atom. The molecule has 3 atom stereocenters. The van der Waals surface area contributed by atoms with E-state index < -0.39 is 24.0 Å². The number of hydrogen-bond acceptors (Lipinski definition) is 7. The molecule has 1 aromatic heterocycles. The number of carboxylic acids is 1. The number of carbonyl (C=O) groups excluding carboxylic acids is 1. The van der Waals surface area contributed by atoms with Gasteiger partial charge >= 0.3 is 5.97 Å². The summed E-state index contributed by atoms with van der Waals surface area (Å²) >= 11 is 7.07. The van der Waals surface area contributed by atoms with Crippen molar-refractivity contribution in [3.63, 3.8) is 0 Å². The summed E-state index contributed by atoms with van der Waals surface area (Å²) in [6.45, 7) is 1.58. The number of rotatable bonds is 6. The van der Waals surface area contributed by atoms with Gasteiger partial charge in [-0.2, -0.15) is 0 Å². The second-order valence-electron chi connectivity index (χ2n) is 7.99. The number of halogens is 1. The Morgan fingerprint density at radius 1 is 1.23 bits per heavy atom. The number of nitrogens with two attached hydrogens (primary N) is 1. The van der Waals surface area contributed by atoms with Crippen LogP contribution in [-0.4, -0.2) is 59.0 Å². The molecular formula is C21H24ClN3O5S. The number of aliphatic hydroxyl groups excluding tert-OH is 1. The fraction of sp³-hybridized carbons (Fsp3) is 0.476. The lowest BCUT2D eigenvalue weighted by molar-refractivity contribution is -0.138. The van der Waals surface area contributed by atoms with E-state index in [4.69, 9.17) is 22.1 Å². The van der Waals surface area contributed by atoms with E-state index in [0.717, 1.165) is 24.2 Å². The number of aromatic nitrogens is 1. The predicted octanol–water partition coefficient (Wildman–Crippen LogP) is 2.63. The Kier molecular flexibility index (Phi) is 6.47. The molecule has 0 aliphatic carbocycles. The first-order chi connectivity index (χ1) is 14.8. The van der Waals surface area contributed by atoms with Gasteiger partial charge in [-0.3, -0.25) is 4.79 Å². The van der Waals surface area contributed by atoms with Gasteiger partial charge in [-0.05, 0) is 37.3 Å². The molecule has 31 heavy (non-hydrogen) atoms. The van der Waals surface area contributed by atoms with Crippen molar-refractivity contribution in [1.82, 2.24) is 4.98 Å². The molecule has 0 radical (unpaired) electrons. The van der Waals surface area contributed by atoms with Crippen LogP contribution >= 0.6 is 22.9 Å². The lowest BCUT2D eigenvalue weighted by atomic mass is 9.84. The third-order valence-electron chi connectivity index (χ3n) is 6.05. The minimum absolute atomic E-state index is 0.0894. The van der Waals surface area contributed by atoms with Crippen molar-refractivity contribution in [2.75, 3.05) is 24.7 Å². The number of amides is 1. The van der Waals surface area contributed by atoms with Crippen LogP contribution in [0.15, 0.2) is 24.3 Å². The van der Waals surface area contributed by atoms with Crippen molar-refractivity contribution in [3.8, 4) is 11.3 Å². The van der Waals surface area contributed by atoms with Crippen LogP contribution in [0, 0.1) is 11.8 Å². The molecule has 1 aromatic carbocycles. The minimum Gasteiger partial charge on any atom is -0.480 e. The van der Waals surface area contributed by atoms with Crippen molar-refractivity contribution >= 4 is 39.8 Å². The molecule has 0 spiro atoms. The summed E-state index contributed by atoms with van der Waals surface area (Å²) < 4.78 is 5.39. The number of ether oxygens (including phenoxy) is 1. The average Bonchev–Trinajstić information content (AvgIpc) is 3.39. The van der Waals surface area contributed by atoms with Gasteiger partial charge < -0.3 is 25.6 Å². The van der Waals surface area contributed by atoms with E-state index in [-0.39, 0.29) is 16.8 Å². The number of thiazole rings is 1. The summed E-state index contributed by atoms with van der Waals surface area (Å²) in [4.78, 5) is 30.1. The van der Waals surface area contributed by atoms with Gasteiger partial charge in [-0.15, -0.1) is 0 Å². The van der Waals surface area contributed by atoms with Gasteiger partial charge in [0.15, 0.2) is 5.01 Å². The highest BCUT2D eigenvalue weighted by atomic mass is 35.5. The summed E-state index contributed by atoms with van der Waals surface area (Å²) in [5.74, 6) is -1.76. The Hall–Kier alpha value is -2.20.